The minimum absolute atomic E-state index is 0.151. The minimum atomic E-state index is -0.517. The second kappa shape index (κ2) is 8.83. The van der Waals surface area contributed by atoms with Gasteiger partial charge in [0, 0.05) is 10.4 Å². The number of hydrogen-bond acceptors (Lipinski definition) is 7. The molecule has 0 unspecified atom stereocenters. The maximum atomic E-state index is 12.8. The summed E-state index contributed by atoms with van der Waals surface area (Å²) >= 11 is 1.29. The lowest BCUT2D eigenvalue weighted by molar-refractivity contribution is 0.0529. The third-order valence-corrected chi connectivity index (χ3v) is 5.23. The van der Waals surface area contributed by atoms with Gasteiger partial charge >= 0.3 is 5.97 Å². The van der Waals surface area contributed by atoms with Crippen molar-refractivity contribution >= 4 is 28.2 Å². The van der Waals surface area contributed by atoms with Crippen molar-refractivity contribution in [2.75, 3.05) is 26.1 Å². The van der Waals surface area contributed by atoms with Crippen LogP contribution in [0.15, 0.2) is 41.0 Å². The van der Waals surface area contributed by atoms with Gasteiger partial charge < -0.3 is 23.9 Å². The van der Waals surface area contributed by atoms with Gasteiger partial charge in [-0.2, -0.15) is 0 Å². The lowest BCUT2D eigenvalue weighted by atomic mass is 10.0. The number of nitrogens with one attached hydrogen (secondary N) is 1. The van der Waals surface area contributed by atoms with Crippen molar-refractivity contribution in [2.24, 2.45) is 0 Å². The van der Waals surface area contributed by atoms with Gasteiger partial charge in [-0.05, 0) is 43.7 Å². The number of aryl methyl sites for hydroxylation is 1. The summed E-state index contributed by atoms with van der Waals surface area (Å²) in [5, 5.41) is 3.16. The van der Waals surface area contributed by atoms with Crippen LogP contribution in [0.3, 0.4) is 0 Å². The molecular formula is C21H21NO6S. The largest absolute Gasteiger partial charge is 0.493 e. The van der Waals surface area contributed by atoms with Gasteiger partial charge in [-0.25, -0.2) is 4.79 Å². The van der Waals surface area contributed by atoms with Gasteiger partial charge in [0.15, 0.2) is 17.3 Å². The molecule has 29 heavy (non-hydrogen) atoms. The minimum Gasteiger partial charge on any atom is -0.493 e. The van der Waals surface area contributed by atoms with E-state index in [1.807, 2.05) is 13.0 Å². The number of hydrogen-bond donors (Lipinski definition) is 1. The predicted molar refractivity (Wildman–Crippen MR) is 110 cm³/mol. The first-order valence-corrected chi connectivity index (χ1v) is 9.69. The maximum absolute atomic E-state index is 12.8. The highest BCUT2D eigenvalue weighted by Gasteiger charge is 2.26. The number of amides is 1. The Balaban J connectivity index is 2.10. The van der Waals surface area contributed by atoms with Gasteiger partial charge in [0.25, 0.3) is 5.91 Å². The molecule has 7 nitrogen and oxygen atoms in total. The molecule has 0 atom stereocenters. The summed E-state index contributed by atoms with van der Waals surface area (Å²) in [6, 6.07) is 8.55. The van der Waals surface area contributed by atoms with Crippen molar-refractivity contribution in [3.63, 3.8) is 0 Å². The number of carbonyl (C=O) groups is 2. The van der Waals surface area contributed by atoms with E-state index in [9.17, 15) is 9.59 Å². The van der Waals surface area contributed by atoms with E-state index in [1.165, 1.54) is 17.6 Å². The Kier molecular flexibility index (Phi) is 6.23. The fraction of sp³-hybridized carbons (Fsp3) is 0.238. The van der Waals surface area contributed by atoms with Crippen LogP contribution in [0.4, 0.5) is 5.00 Å². The molecular weight excluding hydrogens is 394 g/mol. The summed E-state index contributed by atoms with van der Waals surface area (Å²) in [6.45, 7) is 3.82. The molecule has 152 valence electrons. The highest BCUT2D eigenvalue weighted by atomic mass is 32.1. The fourth-order valence-electron chi connectivity index (χ4n) is 2.94. The standard InChI is InChI=1S/C21H21NO6S/c1-5-27-21(24)18-17(13-8-9-14(25-3)16(11-13)26-4)12(2)29-20(18)22-19(23)15-7-6-10-28-15/h6-11H,5H2,1-4H3,(H,22,23). The Labute approximate surface area is 172 Å². The van der Waals surface area contributed by atoms with E-state index in [2.05, 4.69) is 5.32 Å². The normalized spacial score (nSPS) is 10.5. The zero-order valence-corrected chi connectivity index (χ0v) is 17.3. The fourth-order valence-corrected chi connectivity index (χ4v) is 4.00. The summed E-state index contributed by atoms with van der Waals surface area (Å²) in [7, 11) is 3.10. The van der Waals surface area contributed by atoms with Gasteiger partial charge in [-0.3, -0.25) is 4.79 Å². The van der Waals surface area contributed by atoms with Gasteiger partial charge in [-0.1, -0.05) is 6.07 Å². The Morgan fingerprint density at radius 3 is 2.52 bits per heavy atom. The number of methoxy groups -OCH3 is 2. The van der Waals surface area contributed by atoms with Crippen LogP contribution in [0, 0.1) is 6.92 Å². The average molecular weight is 415 g/mol. The lowest BCUT2D eigenvalue weighted by Gasteiger charge is -2.12. The van der Waals surface area contributed by atoms with E-state index in [1.54, 1.807) is 45.4 Å². The van der Waals surface area contributed by atoms with Gasteiger partial charge in [0.2, 0.25) is 0 Å². The Bertz CT molecular complexity index is 1020. The molecule has 0 radical (unpaired) electrons. The molecule has 1 aromatic carbocycles. The van der Waals surface area contributed by atoms with Gasteiger partial charge in [0.05, 0.1) is 27.1 Å². The summed E-state index contributed by atoms with van der Waals surface area (Å²) in [5.74, 6) is 0.301. The van der Waals surface area contributed by atoms with Crippen molar-refractivity contribution in [3.8, 4) is 22.6 Å². The molecule has 0 aliphatic carbocycles. The molecule has 3 aromatic rings. The van der Waals surface area contributed by atoms with E-state index >= 15 is 0 Å². The Hall–Kier alpha value is -3.26. The summed E-state index contributed by atoms with van der Waals surface area (Å²) < 4.78 is 21.1. The van der Waals surface area contributed by atoms with Crippen molar-refractivity contribution in [2.45, 2.75) is 13.8 Å². The molecule has 3 rings (SSSR count). The second-order valence-electron chi connectivity index (χ2n) is 5.96. The third kappa shape index (κ3) is 4.12. The highest BCUT2D eigenvalue weighted by molar-refractivity contribution is 7.17. The molecule has 1 amide bonds. The number of thiophene rings is 1. The van der Waals surface area contributed by atoms with Crippen molar-refractivity contribution < 1.29 is 28.2 Å². The van der Waals surface area contributed by atoms with E-state index < -0.39 is 11.9 Å². The quantitative estimate of drug-likeness (QED) is 0.560. The third-order valence-electron chi connectivity index (χ3n) is 4.21. The Morgan fingerprint density at radius 2 is 1.90 bits per heavy atom. The van der Waals surface area contributed by atoms with Crippen LogP contribution in [-0.2, 0) is 4.74 Å². The van der Waals surface area contributed by atoms with Crippen LogP contribution in [0.5, 0.6) is 11.5 Å². The molecule has 0 fully saturated rings. The number of rotatable bonds is 7. The zero-order valence-electron chi connectivity index (χ0n) is 16.5. The summed E-state index contributed by atoms with van der Waals surface area (Å²) in [4.78, 5) is 26.1. The molecule has 0 aliphatic rings. The lowest BCUT2D eigenvalue weighted by Crippen LogP contribution is -2.14. The Morgan fingerprint density at radius 1 is 1.14 bits per heavy atom. The van der Waals surface area contributed by atoms with Gasteiger partial charge in [0.1, 0.15) is 10.6 Å². The molecule has 2 aromatic heterocycles. The molecule has 2 heterocycles. The first-order chi connectivity index (χ1) is 14.0. The predicted octanol–water partition coefficient (Wildman–Crippen LogP) is 4.76. The maximum Gasteiger partial charge on any atom is 0.341 e. The highest BCUT2D eigenvalue weighted by Crippen LogP contribution is 2.43. The van der Waals surface area contributed by atoms with E-state index in [-0.39, 0.29) is 12.4 Å². The van der Waals surface area contributed by atoms with Crippen LogP contribution >= 0.6 is 11.3 Å². The molecule has 0 aliphatic heterocycles. The average Bonchev–Trinajstić information content (AvgIpc) is 3.35. The van der Waals surface area contributed by atoms with E-state index in [0.717, 1.165) is 10.4 Å². The second-order valence-corrected chi connectivity index (χ2v) is 7.18. The monoisotopic (exact) mass is 415 g/mol. The van der Waals surface area contributed by atoms with Crippen LogP contribution in [0.25, 0.3) is 11.1 Å². The number of carbonyl (C=O) groups excluding carboxylic acids is 2. The van der Waals surface area contributed by atoms with Crippen LogP contribution in [0.2, 0.25) is 0 Å². The SMILES string of the molecule is CCOC(=O)c1c(NC(=O)c2ccco2)sc(C)c1-c1ccc(OC)c(OC)c1. The topological polar surface area (TPSA) is 87.0 Å². The number of anilines is 1. The smallest absolute Gasteiger partial charge is 0.341 e. The molecule has 0 spiro atoms. The molecule has 8 heteroatoms. The number of benzene rings is 1. The zero-order chi connectivity index (χ0) is 21.0. The van der Waals surface area contributed by atoms with E-state index in [4.69, 9.17) is 18.6 Å². The first kappa shape index (κ1) is 20.5. The molecule has 0 bridgehead atoms. The van der Waals surface area contributed by atoms with Crippen molar-refractivity contribution in [3.05, 3.63) is 52.8 Å². The van der Waals surface area contributed by atoms with Crippen LogP contribution < -0.4 is 14.8 Å². The number of ether oxygens (including phenoxy) is 3. The molecule has 1 N–H and O–H groups in total. The summed E-state index contributed by atoms with van der Waals surface area (Å²) in [6.07, 6.45) is 1.41. The number of esters is 1. The van der Waals surface area contributed by atoms with Crippen LogP contribution in [-0.4, -0.2) is 32.7 Å². The molecule has 0 saturated heterocycles. The summed E-state index contributed by atoms with van der Waals surface area (Å²) in [5.41, 5.74) is 1.71. The van der Waals surface area contributed by atoms with Crippen LogP contribution in [0.1, 0.15) is 32.7 Å². The van der Waals surface area contributed by atoms with Gasteiger partial charge in [-0.15, -0.1) is 11.3 Å². The number of furan rings is 1. The van der Waals surface area contributed by atoms with Crippen molar-refractivity contribution in [1.82, 2.24) is 0 Å². The molecule has 0 saturated carbocycles. The van der Waals surface area contributed by atoms with Crippen molar-refractivity contribution in [1.29, 1.82) is 0 Å². The first-order valence-electron chi connectivity index (χ1n) is 8.87. The van der Waals surface area contributed by atoms with E-state index in [0.29, 0.717) is 27.6 Å².